The molecule has 7 heteroatoms. The predicted octanol–water partition coefficient (Wildman–Crippen LogP) is 2.22. The normalized spacial score (nSPS) is 12.1. The van der Waals surface area contributed by atoms with Gasteiger partial charge in [-0.05, 0) is 20.8 Å². The van der Waals surface area contributed by atoms with Gasteiger partial charge in [0.2, 0.25) is 0 Å². The molecule has 1 aromatic rings. The Hall–Kier alpha value is -1.97. The van der Waals surface area contributed by atoms with Crippen molar-refractivity contribution in [3.05, 3.63) is 17.5 Å². The third kappa shape index (κ3) is 4.32. The molecule has 0 amide bonds. The summed E-state index contributed by atoms with van der Waals surface area (Å²) >= 11 is 0. The van der Waals surface area contributed by atoms with E-state index in [1.807, 2.05) is 5.92 Å². The van der Waals surface area contributed by atoms with Crippen molar-refractivity contribution in [2.45, 2.75) is 39.1 Å². The number of hydrogen-bond donors (Lipinski definition) is 0. The van der Waals surface area contributed by atoms with E-state index in [1.54, 1.807) is 20.8 Å². The maximum absolute atomic E-state index is 12.6. The molecule has 104 valence electrons. The zero-order chi connectivity index (χ0) is 14.8. The predicted molar refractivity (Wildman–Crippen MR) is 61.0 cm³/mol. The molecule has 1 aromatic heterocycles. The second-order valence-corrected chi connectivity index (χ2v) is 4.82. The summed E-state index contributed by atoms with van der Waals surface area (Å²) in [5.74, 6) is 1.20. The maximum atomic E-state index is 12.6. The van der Waals surface area contributed by atoms with Crippen LogP contribution in [0.3, 0.4) is 0 Å². The van der Waals surface area contributed by atoms with Gasteiger partial charge < -0.3 is 4.74 Å². The standard InChI is InChI=1S/C12H13F3N2O2/c1-5-8-6-17(16-10(8)12(13,14)15)7-9(18)19-11(2,3)4/h1,6H,7H2,2-4H3. The van der Waals surface area contributed by atoms with E-state index in [0.29, 0.717) is 0 Å². The number of carbonyl (C=O) groups is 1. The third-order valence-corrected chi connectivity index (χ3v) is 1.90. The molecular formula is C12H13F3N2O2. The van der Waals surface area contributed by atoms with E-state index < -0.39 is 35.5 Å². The van der Waals surface area contributed by atoms with Crippen LogP contribution >= 0.6 is 0 Å². The topological polar surface area (TPSA) is 44.1 Å². The average molecular weight is 274 g/mol. The highest BCUT2D eigenvalue weighted by Gasteiger charge is 2.37. The van der Waals surface area contributed by atoms with Gasteiger partial charge in [0.1, 0.15) is 12.1 Å². The molecule has 0 aliphatic heterocycles. The molecule has 0 fully saturated rings. The summed E-state index contributed by atoms with van der Waals surface area (Å²) in [4.78, 5) is 11.5. The zero-order valence-electron chi connectivity index (χ0n) is 10.7. The second-order valence-electron chi connectivity index (χ2n) is 4.82. The average Bonchev–Trinajstić information content (AvgIpc) is 2.57. The van der Waals surface area contributed by atoms with Crippen LogP contribution in [0.5, 0.6) is 0 Å². The minimum absolute atomic E-state index is 0.406. The number of carbonyl (C=O) groups excluding carboxylic acids is 1. The first-order valence-electron chi connectivity index (χ1n) is 5.36. The van der Waals surface area contributed by atoms with Crippen molar-refractivity contribution in [2.75, 3.05) is 0 Å². The highest BCUT2D eigenvalue weighted by Crippen LogP contribution is 2.30. The maximum Gasteiger partial charge on any atom is 0.436 e. The van der Waals surface area contributed by atoms with Gasteiger partial charge >= 0.3 is 12.1 Å². The molecule has 19 heavy (non-hydrogen) atoms. The molecule has 0 spiro atoms. The molecule has 0 N–H and O–H groups in total. The summed E-state index contributed by atoms with van der Waals surface area (Å²) < 4.78 is 43.5. The van der Waals surface area contributed by atoms with Crippen LogP contribution < -0.4 is 0 Å². The van der Waals surface area contributed by atoms with Crippen molar-refractivity contribution >= 4 is 5.97 Å². The Kier molecular flexibility index (Phi) is 3.94. The van der Waals surface area contributed by atoms with Gasteiger partial charge in [0, 0.05) is 6.20 Å². The SMILES string of the molecule is C#Cc1cn(CC(=O)OC(C)(C)C)nc1C(F)(F)F. The van der Waals surface area contributed by atoms with Gasteiger partial charge in [0.05, 0.1) is 5.56 Å². The lowest BCUT2D eigenvalue weighted by Crippen LogP contribution is -2.26. The number of hydrogen-bond acceptors (Lipinski definition) is 3. The van der Waals surface area contributed by atoms with E-state index in [-0.39, 0.29) is 0 Å². The van der Waals surface area contributed by atoms with Gasteiger partial charge in [-0.1, -0.05) is 5.92 Å². The van der Waals surface area contributed by atoms with Crippen LogP contribution in [0.25, 0.3) is 0 Å². The summed E-state index contributed by atoms with van der Waals surface area (Å²) in [5.41, 5.74) is -2.30. The molecule has 0 unspecified atom stereocenters. The monoisotopic (exact) mass is 274 g/mol. The van der Waals surface area contributed by atoms with Crippen molar-refractivity contribution in [3.8, 4) is 12.3 Å². The molecule has 0 bridgehead atoms. The lowest BCUT2D eigenvalue weighted by molar-refractivity contribution is -0.156. The summed E-state index contributed by atoms with van der Waals surface area (Å²) in [6.45, 7) is 4.54. The first kappa shape index (κ1) is 15.1. The van der Waals surface area contributed by atoms with E-state index >= 15 is 0 Å². The number of nitrogens with zero attached hydrogens (tertiary/aromatic N) is 2. The van der Waals surface area contributed by atoms with Crippen LogP contribution in [0.1, 0.15) is 32.0 Å². The highest BCUT2D eigenvalue weighted by atomic mass is 19.4. The first-order valence-corrected chi connectivity index (χ1v) is 5.36. The summed E-state index contributed by atoms with van der Waals surface area (Å²) in [6, 6.07) is 0. The fourth-order valence-corrected chi connectivity index (χ4v) is 1.32. The van der Waals surface area contributed by atoms with Crippen LogP contribution in [0.15, 0.2) is 6.20 Å². The molecule has 0 saturated heterocycles. The lowest BCUT2D eigenvalue weighted by Gasteiger charge is -2.19. The number of aromatic nitrogens is 2. The highest BCUT2D eigenvalue weighted by molar-refractivity contribution is 5.69. The molecule has 0 saturated carbocycles. The Morgan fingerprint density at radius 1 is 1.47 bits per heavy atom. The van der Waals surface area contributed by atoms with Crippen molar-refractivity contribution in [2.24, 2.45) is 0 Å². The number of terminal acetylenes is 1. The number of esters is 1. The first-order chi connectivity index (χ1) is 8.53. The zero-order valence-corrected chi connectivity index (χ0v) is 10.7. The molecule has 0 radical (unpaired) electrons. The minimum atomic E-state index is -4.65. The van der Waals surface area contributed by atoms with Crippen LogP contribution in [-0.4, -0.2) is 21.4 Å². The summed E-state index contributed by atoms with van der Waals surface area (Å²) in [6.07, 6.45) is 1.31. The van der Waals surface area contributed by atoms with Gasteiger partial charge in [-0.25, -0.2) is 0 Å². The van der Waals surface area contributed by atoms with Crippen LogP contribution in [0.2, 0.25) is 0 Å². The Labute approximate surface area is 108 Å². The Morgan fingerprint density at radius 3 is 2.42 bits per heavy atom. The second kappa shape index (κ2) is 4.96. The smallest absolute Gasteiger partial charge is 0.436 e. The van der Waals surface area contributed by atoms with Crippen LogP contribution in [0.4, 0.5) is 13.2 Å². The molecule has 0 aliphatic rings. The van der Waals surface area contributed by atoms with Crippen molar-refractivity contribution < 1.29 is 22.7 Å². The fraction of sp³-hybridized carbons (Fsp3) is 0.500. The van der Waals surface area contributed by atoms with Crippen LogP contribution in [0, 0.1) is 12.3 Å². The molecule has 0 atom stereocenters. The van der Waals surface area contributed by atoms with E-state index in [1.165, 1.54) is 0 Å². The molecule has 1 heterocycles. The number of alkyl halides is 3. The van der Waals surface area contributed by atoms with E-state index in [0.717, 1.165) is 10.9 Å². The van der Waals surface area contributed by atoms with Crippen molar-refractivity contribution in [1.29, 1.82) is 0 Å². The van der Waals surface area contributed by atoms with Crippen molar-refractivity contribution in [3.63, 3.8) is 0 Å². The number of ether oxygens (including phenoxy) is 1. The van der Waals surface area contributed by atoms with E-state index in [9.17, 15) is 18.0 Å². The van der Waals surface area contributed by atoms with Gasteiger partial charge in [-0.15, -0.1) is 6.42 Å². The quantitative estimate of drug-likeness (QED) is 0.613. The van der Waals surface area contributed by atoms with Crippen LogP contribution in [-0.2, 0) is 22.3 Å². The number of halogens is 3. The Morgan fingerprint density at radius 2 is 2.05 bits per heavy atom. The molecule has 1 rings (SSSR count). The van der Waals surface area contributed by atoms with Gasteiger partial charge in [0.15, 0.2) is 5.69 Å². The Bertz CT molecular complexity index is 519. The third-order valence-electron chi connectivity index (χ3n) is 1.90. The summed E-state index contributed by atoms with van der Waals surface area (Å²) in [7, 11) is 0. The van der Waals surface area contributed by atoms with Gasteiger partial charge in [-0.3, -0.25) is 9.48 Å². The van der Waals surface area contributed by atoms with E-state index in [4.69, 9.17) is 11.2 Å². The van der Waals surface area contributed by atoms with Crippen molar-refractivity contribution in [1.82, 2.24) is 9.78 Å². The fourth-order valence-electron chi connectivity index (χ4n) is 1.32. The molecule has 0 aliphatic carbocycles. The minimum Gasteiger partial charge on any atom is -0.459 e. The Balaban J connectivity index is 2.91. The number of rotatable bonds is 2. The molecular weight excluding hydrogens is 261 g/mol. The molecule has 4 nitrogen and oxygen atoms in total. The van der Waals surface area contributed by atoms with E-state index in [2.05, 4.69) is 5.10 Å². The van der Waals surface area contributed by atoms with Gasteiger partial charge in [0.25, 0.3) is 0 Å². The summed E-state index contributed by atoms with van der Waals surface area (Å²) in [5, 5.41) is 3.27. The lowest BCUT2D eigenvalue weighted by atomic mass is 10.2. The molecule has 0 aromatic carbocycles. The largest absolute Gasteiger partial charge is 0.459 e. The van der Waals surface area contributed by atoms with Gasteiger partial charge in [-0.2, -0.15) is 18.3 Å².